The van der Waals surface area contributed by atoms with Crippen LogP contribution in [0.15, 0.2) is 12.1 Å². The molecule has 0 aromatic heterocycles. The molecule has 2 rings (SSSR count). The highest BCUT2D eigenvalue weighted by Gasteiger charge is 2.25. The molecular weight excluding hydrogens is 309 g/mol. The van der Waals surface area contributed by atoms with Gasteiger partial charge in [0, 0.05) is 23.2 Å². The summed E-state index contributed by atoms with van der Waals surface area (Å²) < 4.78 is 5.84. The zero-order valence-electron chi connectivity index (χ0n) is 12.6. The summed E-state index contributed by atoms with van der Waals surface area (Å²) in [6.07, 6.45) is 3.72. The van der Waals surface area contributed by atoms with Crippen LogP contribution in [-0.4, -0.2) is 23.4 Å². The zero-order valence-corrected chi connectivity index (χ0v) is 14.1. The Kier molecular flexibility index (Phi) is 5.78. The molecule has 1 saturated carbocycles. The van der Waals surface area contributed by atoms with Gasteiger partial charge in [-0.05, 0) is 37.8 Å². The first-order chi connectivity index (χ1) is 9.97. The minimum Gasteiger partial charge on any atom is -0.489 e. The molecule has 0 heterocycles. The lowest BCUT2D eigenvalue weighted by Gasteiger charge is -2.26. The summed E-state index contributed by atoms with van der Waals surface area (Å²) in [4.78, 5) is 0. The summed E-state index contributed by atoms with van der Waals surface area (Å²) >= 11 is 12.3. The SMILES string of the molecule is CCC(O)(CC)COc1c(Cl)cc(Cl)cc1CNC1CC1. The molecule has 21 heavy (non-hydrogen) atoms. The summed E-state index contributed by atoms with van der Waals surface area (Å²) in [5, 5.41) is 14.9. The van der Waals surface area contributed by atoms with Crippen molar-refractivity contribution >= 4 is 23.2 Å². The number of hydrogen-bond acceptors (Lipinski definition) is 3. The lowest BCUT2D eigenvalue weighted by atomic mass is 9.99. The standard InChI is InChI=1S/C16H23Cl2NO2/c1-3-16(20,4-2)10-21-15-11(9-19-13-5-6-13)7-12(17)8-14(15)18/h7-8,13,19-20H,3-6,9-10H2,1-2H3. The summed E-state index contributed by atoms with van der Waals surface area (Å²) in [6.45, 7) is 4.81. The second kappa shape index (κ2) is 7.19. The van der Waals surface area contributed by atoms with Crippen molar-refractivity contribution in [1.82, 2.24) is 5.32 Å². The molecule has 0 atom stereocenters. The molecule has 1 fully saturated rings. The average Bonchev–Trinajstić information content (AvgIpc) is 3.27. The van der Waals surface area contributed by atoms with Crippen molar-refractivity contribution < 1.29 is 9.84 Å². The third-order valence-electron chi connectivity index (χ3n) is 4.05. The van der Waals surface area contributed by atoms with Gasteiger partial charge in [-0.1, -0.05) is 37.0 Å². The highest BCUT2D eigenvalue weighted by Crippen LogP contribution is 2.34. The van der Waals surface area contributed by atoms with Crippen LogP contribution in [0.2, 0.25) is 10.0 Å². The van der Waals surface area contributed by atoms with Crippen LogP contribution in [0.3, 0.4) is 0 Å². The molecule has 1 aliphatic carbocycles. The minimum atomic E-state index is -0.815. The Morgan fingerprint density at radius 3 is 2.52 bits per heavy atom. The molecule has 0 radical (unpaired) electrons. The van der Waals surface area contributed by atoms with Crippen LogP contribution < -0.4 is 10.1 Å². The largest absolute Gasteiger partial charge is 0.489 e. The first-order valence-corrected chi connectivity index (χ1v) is 8.29. The monoisotopic (exact) mass is 331 g/mol. The van der Waals surface area contributed by atoms with Crippen LogP contribution in [-0.2, 0) is 6.54 Å². The number of halogens is 2. The van der Waals surface area contributed by atoms with Gasteiger partial charge in [0.2, 0.25) is 0 Å². The van der Waals surface area contributed by atoms with Gasteiger partial charge >= 0.3 is 0 Å². The van der Waals surface area contributed by atoms with E-state index in [1.165, 1.54) is 12.8 Å². The minimum absolute atomic E-state index is 0.234. The first kappa shape index (κ1) is 16.9. The summed E-state index contributed by atoms with van der Waals surface area (Å²) in [6, 6.07) is 4.14. The lowest BCUT2D eigenvalue weighted by Crippen LogP contribution is -2.34. The highest BCUT2D eigenvalue weighted by atomic mass is 35.5. The summed E-state index contributed by atoms with van der Waals surface area (Å²) in [5.74, 6) is 0.620. The van der Waals surface area contributed by atoms with Gasteiger partial charge in [-0.15, -0.1) is 0 Å². The molecule has 0 bridgehead atoms. The number of ether oxygens (including phenoxy) is 1. The second-order valence-corrected chi connectivity index (χ2v) is 6.59. The highest BCUT2D eigenvalue weighted by molar-refractivity contribution is 6.35. The molecule has 0 spiro atoms. The normalized spacial score (nSPS) is 15.3. The maximum atomic E-state index is 10.3. The van der Waals surface area contributed by atoms with Gasteiger partial charge in [0.05, 0.1) is 10.6 Å². The lowest BCUT2D eigenvalue weighted by molar-refractivity contribution is -0.0115. The van der Waals surface area contributed by atoms with Gasteiger partial charge in [-0.3, -0.25) is 0 Å². The Morgan fingerprint density at radius 1 is 1.29 bits per heavy atom. The molecule has 0 amide bonds. The third kappa shape index (κ3) is 4.75. The molecule has 118 valence electrons. The first-order valence-electron chi connectivity index (χ1n) is 7.54. The fourth-order valence-corrected chi connectivity index (χ4v) is 2.70. The van der Waals surface area contributed by atoms with Crippen molar-refractivity contribution in [3.63, 3.8) is 0 Å². The Balaban J connectivity index is 2.11. The van der Waals surface area contributed by atoms with Gasteiger partial charge in [-0.25, -0.2) is 0 Å². The maximum absolute atomic E-state index is 10.3. The fourth-order valence-electron chi connectivity index (χ4n) is 2.11. The van der Waals surface area contributed by atoms with Crippen molar-refractivity contribution in [1.29, 1.82) is 0 Å². The molecule has 0 aliphatic heterocycles. The van der Waals surface area contributed by atoms with Crippen LogP contribution in [0.1, 0.15) is 45.1 Å². The fraction of sp³-hybridized carbons (Fsp3) is 0.625. The number of nitrogens with one attached hydrogen (secondary N) is 1. The quantitative estimate of drug-likeness (QED) is 0.750. The summed E-state index contributed by atoms with van der Waals surface area (Å²) in [7, 11) is 0. The van der Waals surface area contributed by atoms with Crippen LogP contribution in [0.4, 0.5) is 0 Å². The molecule has 0 saturated heterocycles. The molecule has 2 N–H and O–H groups in total. The van der Waals surface area contributed by atoms with Crippen molar-refractivity contribution in [2.45, 2.75) is 57.7 Å². The van der Waals surface area contributed by atoms with Crippen molar-refractivity contribution in [3.05, 3.63) is 27.7 Å². The molecule has 1 aromatic carbocycles. The maximum Gasteiger partial charge on any atom is 0.142 e. The van der Waals surface area contributed by atoms with E-state index < -0.39 is 5.60 Å². The van der Waals surface area contributed by atoms with E-state index in [0.717, 1.165) is 5.56 Å². The van der Waals surface area contributed by atoms with Crippen molar-refractivity contribution in [3.8, 4) is 5.75 Å². The van der Waals surface area contributed by atoms with E-state index in [1.54, 1.807) is 6.07 Å². The third-order valence-corrected chi connectivity index (χ3v) is 4.54. The van der Waals surface area contributed by atoms with Crippen molar-refractivity contribution in [2.24, 2.45) is 0 Å². The predicted octanol–water partition coefficient (Wildman–Crippen LogP) is 4.18. The Hall–Kier alpha value is -0.480. The predicted molar refractivity (Wildman–Crippen MR) is 87.4 cm³/mol. The number of benzene rings is 1. The van der Waals surface area contributed by atoms with E-state index in [2.05, 4.69) is 5.32 Å². The van der Waals surface area contributed by atoms with Crippen LogP contribution in [0, 0.1) is 0 Å². The van der Waals surface area contributed by atoms with E-state index in [-0.39, 0.29) is 6.61 Å². The second-order valence-electron chi connectivity index (χ2n) is 5.75. The van der Waals surface area contributed by atoms with Crippen LogP contribution >= 0.6 is 23.2 Å². The molecule has 0 unspecified atom stereocenters. The van der Waals surface area contributed by atoms with Crippen molar-refractivity contribution in [2.75, 3.05) is 6.61 Å². The van der Waals surface area contributed by atoms with E-state index >= 15 is 0 Å². The molecule has 1 aliphatic rings. The van der Waals surface area contributed by atoms with Gasteiger partial charge in [0.25, 0.3) is 0 Å². The number of rotatable bonds is 8. The molecule has 5 heteroatoms. The average molecular weight is 332 g/mol. The Labute approximate surface area is 136 Å². The molecule has 1 aromatic rings. The van der Waals surface area contributed by atoms with E-state index in [9.17, 15) is 5.11 Å². The Bertz CT molecular complexity index is 485. The van der Waals surface area contributed by atoms with Gasteiger partial charge in [0.15, 0.2) is 0 Å². The van der Waals surface area contributed by atoms with E-state index in [0.29, 0.717) is 41.2 Å². The zero-order chi connectivity index (χ0) is 15.5. The van der Waals surface area contributed by atoms with Gasteiger partial charge in [-0.2, -0.15) is 0 Å². The summed E-state index contributed by atoms with van der Waals surface area (Å²) in [5.41, 5.74) is 0.124. The topological polar surface area (TPSA) is 41.5 Å². The van der Waals surface area contributed by atoms with Gasteiger partial charge in [0.1, 0.15) is 12.4 Å². The number of hydrogen-bond donors (Lipinski definition) is 2. The van der Waals surface area contributed by atoms with Crippen LogP contribution in [0.25, 0.3) is 0 Å². The Morgan fingerprint density at radius 2 is 1.95 bits per heavy atom. The smallest absolute Gasteiger partial charge is 0.142 e. The van der Waals surface area contributed by atoms with E-state index in [4.69, 9.17) is 27.9 Å². The van der Waals surface area contributed by atoms with Crippen LogP contribution in [0.5, 0.6) is 5.75 Å². The van der Waals surface area contributed by atoms with E-state index in [1.807, 2.05) is 19.9 Å². The van der Waals surface area contributed by atoms with Gasteiger partial charge < -0.3 is 15.2 Å². The number of aliphatic hydroxyl groups is 1. The molecular formula is C16H23Cl2NO2. The molecule has 3 nitrogen and oxygen atoms in total.